The number of carboxylic acids is 3. The van der Waals surface area contributed by atoms with Gasteiger partial charge in [0.1, 0.15) is 65.9 Å². The van der Waals surface area contributed by atoms with Crippen LogP contribution in [-0.2, 0) is 97.4 Å². The van der Waals surface area contributed by atoms with E-state index >= 15 is 0 Å². The van der Waals surface area contributed by atoms with Gasteiger partial charge in [0, 0.05) is 45.1 Å². The minimum absolute atomic E-state index is 0.0473. The Morgan fingerprint density at radius 2 is 0.897 bits per heavy atom. The second-order valence-corrected chi connectivity index (χ2v) is 23.8. The fraction of sp³-hybridized carbons (Fsp3) is 0.387. The van der Waals surface area contributed by atoms with Crippen molar-refractivity contribution in [1.29, 1.82) is 0 Å². The van der Waals surface area contributed by atoms with E-state index in [2.05, 4.69) is 47.1 Å². The summed E-state index contributed by atoms with van der Waals surface area (Å²) in [6.07, 6.45) is -5.18. The highest BCUT2D eigenvalue weighted by Crippen LogP contribution is 2.37. The predicted octanol–water partition coefficient (Wildman–Crippen LogP) is -3.08. The number of amides is 11. The Morgan fingerprint density at radius 1 is 0.495 bits per heavy atom. The summed E-state index contributed by atoms with van der Waals surface area (Å²) in [5.41, 5.74) is 17.9. The smallest absolute Gasteiger partial charge is 0.508 e. The Labute approximate surface area is 553 Å². The zero-order valence-corrected chi connectivity index (χ0v) is 53.1. The Hall–Kier alpha value is -10.8. The van der Waals surface area contributed by atoms with Crippen molar-refractivity contribution in [1.82, 2.24) is 47.4 Å². The average Bonchev–Trinajstić information content (AvgIpc) is 1.80. The van der Waals surface area contributed by atoms with Crippen molar-refractivity contribution >= 4 is 90.7 Å². The molecule has 11 amide bonds. The zero-order valence-electron chi connectivity index (χ0n) is 52.2. The lowest BCUT2D eigenvalue weighted by molar-refractivity contribution is -0.149. The Bertz CT molecular complexity index is 3550. The molecule has 0 bridgehead atoms. The van der Waals surface area contributed by atoms with Gasteiger partial charge in [-0.05, 0) is 79.1 Å². The number of hydrogen-bond donors (Lipinski definition) is 17. The van der Waals surface area contributed by atoms with Crippen LogP contribution in [-0.4, -0.2) is 185 Å². The number of carbonyl (C=O) groups is 14. The molecule has 1 heterocycles. The van der Waals surface area contributed by atoms with Crippen molar-refractivity contribution in [2.75, 3.05) is 6.54 Å². The summed E-state index contributed by atoms with van der Waals surface area (Å²) in [5, 5.41) is 58.0. The van der Waals surface area contributed by atoms with Gasteiger partial charge in [0.05, 0.1) is 18.9 Å². The maximum Gasteiger partial charge on any atom is 0.524 e. The lowest BCUT2D eigenvalue weighted by atomic mass is 10.0. The summed E-state index contributed by atoms with van der Waals surface area (Å²) in [6, 6.07) is 9.87. The van der Waals surface area contributed by atoms with Gasteiger partial charge in [-0.1, -0.05) is 84.9 Å². The molecule has 20 N–H and O–H groups in total. The van der Waals surface area contributed by atoms with E-state index < -0.39 is 202 Å². The van der Waals surface area contributed by atoms with Gasteiger partial charge in [-0.3, -0.25) is 72.1 Å². The fourth-order valence-corrected chi connectivity index (χ4v) is 10.4. The van der Waals surface area contributed by atoms with Crippen molar-refractivity contribution in [2.24, 2.45) is 17.2 Å². The minimum atomic E-state index is -5.06. The van der Waals surface area contributed by atoms with Crippen LogP contribution in [0, 0.1) is 0 Å². The van der Waals surface area contributed by atoms with Crippen LogP contribution in [0.25, 0.3) is 0 Å². The first-order chi connectivity index (χ1) is 45.7. The van der Waals surface area contributed by atoms with E-state index in [0.717, 1.165) is 17.0 Å². The van der Waals surface area contributed by atoms with Crippen molar-refractivity contribution < 1.29 is 106 Å². The van der Waals surface area contributed by atoms with E-state index in [0.29, 0.717) is 17.5 Å². The molecule has 522 valence electrons. The lowest BCUT2D eigenvalue weighted by Gasteiger charge is -2.29. The quantitative estimate of drug-likeness (QED) is 0.0198. The monoisotopic (exact) mass is 1370 g/mol. The molecule has 10 atom stereocenters. The molecule has 4 aromatic carbocycles. The zero-order chi connectivity index (χ0) is 71.7. The molecule has 0 aromatic heterocycles. The van der Waals surface area contributed by atoms with E-state index in [-0.39, 0.29) is 48.4 Å². The summed E-state index contributed by atoms with van der Waals surface area (Å²) in [7, 11) is -5.06. The molecule has 0 radical (unpaired) electrons. The van der Waals surface area contributed by atoms with E-state index in [9.17, 15) is 96.8 Å². The highest BCUT2D eigenvalue weighted by molar-refractivity contribution is 7.46. The van der Waals surface area contributed by atoms with Gasteiger partial charge in [-0.15, -0.1) is 0 Å². The number of carbonyl (C=O) groups excluding carboxylic acids is 11. The number of phenolic OH excluding ortho intramolecular Hbond substituents is 1. The minimum Gasteiger partial charge on any atom is -0.508 e. The molecule has 0 saturated carbocycles. The third kappa shape index (κ3) is 26.1. The Morgan fingerprint density at radius 3 is 1.35 bits per heavy atom. The van der Waals surface area contributed by atoms with Gasteiger partial charge in [-0.25, -0.2) is 9.36 Å². The SMILES string of the molecule is C[C@H](NC(=O)[C@H](Cc1ccc(O)cc1)NC(=O)[C@H](CCC(=O)O)NC(=O)[C@H](CC(N)=O)NC(=O)[C@@H](N)CC(=O)O)C(=O)N[C@@H](Cc1ccccc1)C(=O)N[C@@H](Cc1ccc(OP(=O)(O)O)cc1)C(=O)N[C@@H](CCC(N)=O)C(=O)N[C@H](Cc1ccccc1)C(=O)N1CCC[C@H]1C(=O)O. The molecule has 4 aromatic rings. The van der Waals surface area contributed by atoms with Gasteiger partial charge in [0.15, 0.2) is 0 Å². The summed E-state index contributed by atoms with van der Waals surface area (Å²) >= 11 is 0. The lowest BCUT2D eigenvalue weighted by Crippen LogP contribution is -2.61. The molecular weight excluding hydrogens is 1300 g/mol. The molecule has 0 unspecified atom stereocenters. The topological polar surface area (TPSA) is 564 Å². The van der Waals surface area contributed by atoms with Crippen LogP contribution in [0.4, 0.5) is 0 Å². The van der Waals surface area contributed by atoms with Gasteiger partial charge >= 0.3 is 25.7 Å². The van der Waals surface area contributed by atoms with Crippen LogP contribution in [0.5, 0.6) is 11.5 Å². The number of likely N-dealkylation sites (tertiary alicyclic amines) is 1. The standard InChI is InChI=1S/C62H77N12O22P/c1-33(66-57(86)43(28-36-14-18-38(75)19-15-36)71-55(84)42(23-25-51(78)79)68-60(89)46(32-50(65)77)70-54(83)40(63)31-52(80)81)53(82)69-44(27-34-9-4-2-5-10-34)59(88)72-45(29-37-16-20-39(21-17-37)96-97(93,94)95)58(87)67-41(22-24-49(64)76)56(85)73-47(30-35-11-6-3-7-12-35)61(90)74-26-8-13-48(74)62(91)92/h2-7,9-12,14-21,33,40-48,75H,8,13,22-32,63H2,1H3,(H2,64,76)(H2,65,77)(H,66,86)(H,67,87)(H,68,89)(H,69,82)(H,70,83)(H,71,84)(H,72,88)(H,73,85)(H,78,79)(H,80,81)(H,91,92)(H2,93,94,95)/t33-,40-,41-,42-,43-,44-,45-,46-,47+,48-/m0/s1. The van der Waals surface area contributed by atoms with Crippen LogP contribution in [0.15, 0.2) is 109 Å². The highest BCUT2D eigenvalue weighted by atomic mass is 31.2. The first-order valence-corrected chi connectivity index (χ1v) is 31.7. The number of nitrogens with one attached hydrogen (secondary N) is 8. The maximum absolute atomic E-state index is 14.9. The number of primary amides is 2. The van der Waals surface area contributed by atoms with Gasteiger partial charge < -0.3 is 89.6 Å². The molecule has 0 spiro atoms. The molecule has 35 heteroatoms. The molecule has 34 nitrogen and oxygen atoms in total. The predicted molar refractivity (Wildman–Crippen MR) is 338 cm³/mol. The summed E-state index contributed by atoms with van der Waals surface area (Å²) in [4.78, 5) is 207. The van der Waals surface area contributed by atoms with Gasteiger partial charge in [0.2, 0.25) is 65.0 Å². The molecule has 1 aliphatic heterocycles. The summed E-state index contributed by atoms with van der Waals surface area (Å²) in [6.45, 7) is 1.22. The van der Waals surface area contributed by atoms with Crippen LogP contribution >= 0.6 is 7.82 Å². The summed E-state index contributed by atoms with van der Waals surface area (Å²) < 4.78 is 16.3. The molecule has 97 heavy (non-hydrogen) atoms. The molecule has 1 aliphatic rings. The fourth-order valence-electron chi connectivity index (χ4n) is 10.0. The number of phosphoric ester groups is 1. The van der Waals surface area contributed by atoms with Crippen LogP contribution < -0.4 is 64.3 Å². The van der Waals surface area contributed by atoms with Crippen molar-refractivity contribution in [3.63, 3.8) is 0 Å². The number of aromatic hydroxyl groups is 1. The van der Waals surface area contributed by atoms with E-state index in [1.807, 2.05) is 0 Å². The highest BCUT2D eigenvalue weighted by Gasteiger charge is 2.40. The number of aliphatic carboxylic acids is 3. The first kappa shape index (κ1) is 76.9. The second kappa shape index (κ2) is 36.7. The van der Waals surface area contributed by atoms with Crippen LogP contribution in [0.1, 0.15) is 80.5 Å². The summed E-state index contributed by atoms with van der Waals surface area (Å²) in [5.74, 6) is -16.7. The average molecular weight is 1370 g/mol. The van der Waals surface area contributed by atoms with Crippen molar-refractivity contribution in [2.45, 2.75) is 144 Å². The van der Waals surface area contributed by atoms with Gasteiger partial charge in [-0.2, -0.15) is 0 Å². The molecule has 1 saturated heterocycles. The number of benzene rings is 4. The molecule has 0 aliphatic carbocycles. The van der Waals surface area contributed by atoms with E-state index in [1.165, 1.54) is 43.3 Å². The van der Waals surface area contributed by atoms with E-state index in [1.54, 1.807) is 60.7 Å². The third-order valence-electron chi connectivity index (χ3n) is 15.0. The Kier molecular flexibility index (Phi) is 29.1. The number of nitrogens with zero attached hydrogens (tertiary/aromatic N) is 1. The first-order valence-electron chi connectivity index (χ1n) is 30.2. The van der Waals surface area contributed by atoms with E-state index in [4.69, 9.17) is 22.3 Å². The second-order valence-electron chi connectivity index (χ2n) is 22.7. The maximum atomic E-state index is 14.9. The molecular formula is C62H77N12O22P. The number of carboxylic acid groups (broad SMARTS) is 3. The Balaban J connectivity index is 1.46. The third-order valence-corrected chi connectivity index (χ3v) is 15.4. The molecule has 1 fully saturated rings. The normalized spacial score (nSPS) is 15.5. The number of nitrogens with two attached hydrogens (primary N) is 3. The number of phosphoric acid groups is 1. The largest absolute Gasteiger partial charge is 0.524 e. The number of phenols is 1. The van der Waals surface area contributed by atoms with Crippen molar-refractivity contribution in [3.8, 4) is 11.5 Å². The number of rotatable bonds is 38. The van der Waals surface area contributed by atoms with Crippen LogP contribution in [0.3, 0.4) is 0 Å². The van der Waals surface area contributed by atoms with Crippen molar-refractivity contribution in [3.05, 3.63) is 131 Å². The molecule has 5 rings (SSSR count). The van der Waals surface area contributed by atoms with Crippen LogP contribution in [0.2, 0.25) is 0 Å². The number of hydrogen-bond acceptors (Lipinski definition) is 18. The van der Waals surface area contributed by atoms with Gasteiger partial charge in [0.25, 0.3) is 0 Å².